The zero-order valence-electron chi connectivity index (χ0n) is 10.0. The summed E-state index contributed by atoms with van der Waals surface area (Å²) in [6.45, 7) is 2.33. The fourth-order valence-electron chi connectivity index (χ4n) is 1.38. The van der Waals surface area contributed by atoms with E-state index in [9.17, 15) is 9.59 Å². The standard InChI is InChI=1S/C10H16N4O2S/c1-4-14-9(16)7-6(11)5(8(15)12-2)10(13-3)17-7/h13H,4,11H2,1-3H3,(H,12,15)(H,14,16). The predicted octanol–water partition coefficient (Wildman–Crippen LogP) is 0.481. The summed E-state index contributed by atoms with van der Waals surface area (Å²) in [6.07, 6.45) is 0. The Labute approximate surface area is 104 Å². The van der Waals surface area contributed by atoms with E-state index in [-0.39, 0.29) is 17.5 Å². The second kappa shape index (κ2) is 5.53. The molecule has 0 aliphatic rings. The molecule has 6 nitrogen and oxygen atoms in total. The van der Waals surface area contributed by atoms with Crippen LogP contribution in [0.2, 0.25) is 0 Å². The average Bonchev–Trinajstić information content (AvgIpc) is 2.65. The Hall–Kier alpha value is -1.76. The Bertz CT molecular complexity index is 442. The number of hydrogen-bond acceptors (Lipinski definition) is 5. The summed E-state index contributed by atoms with van der Waals surface area (Å²) in [6, 6.07) is 0. The van der Waals surface area contributed by atoms with Crippen molar-refractivity contribution in [1.29, 1.82) is 0 Å². The van der Waals surface area contributed by atoms with Gasteiger partial charge in [0.15, 0.2) is 0 Å². The van der Waals surface area contributed by atoms with Gasteiger partial charge in [0.05, 0.1) is 11.3 Å². The van der Waals surface area contributed by atoms with Crippen LogP contribution < -0.4 is 21.7 Å². The minimum atomic E-state index is -0.307. The quantitative estimate of drug-likeness (QED) is 0.630. The Morgan fingerprint density at radius 1 is 1.29 bits per heavy atom. The lowest BCUT2D eigenvalue weighted by Gasteiger charge is -2.03. The number of carbonyl (C=O) groups excluding carboxylic acids is 2. The van der Waals surface area contributed by atoms with E-state index >= 15 is 0 Å². The first-order valence-electron chi connectivity index (χ1n) is 5.17. The molecular formula is C10H16N4O2S. The first kappa shape index (κ1) is 13.3. The highest BCUT2D eigenvalue weighted by atomic mass is 32.1. The first-order valence-corrected chi connectivity index (χ1v) is 5.98. The number of nitrogen functional groups attached to an aromatic ring is 1. The van der Waals surface area contributed by atoms with Gasteiger partial charge in [-0.3, -0.25) is 9.59 Å². The lowest BCUT2D eigenvalue weighted by atomic mass is 10.2. The van der Waals surface area contributed by atoms with Crippen molar-refractivity contribution in [3.8, 4) is 0 Å². The number of nitrogens with two attached hydrogens (primary N) is 1. The van der Waals surface area contributed by atoms with E-state index in [4.69, 9.17) is 5.73 Å². The molecule has 2 amide bonds. The van der Waals surface area contributed by atoms with Gasteiger partial charge < -0.3 is 21.7 Å². The fourth-order valence-corrected chi connectivity index (χ4v) is 2.37. The number of carbonyl (C=O) groups is 2. The van der Waals surface area contributed by atoms with Crippen LogP contribution in [0.5, 0.6) is 0 Å². The zero-order chi connectivity index (χ0) is 13.0. The van der Waals surface area contributed by atoms with E-state index in [1.165, 1.54) is 18.4 Å². The smallest absolute Gasteiger partial charge is 0.263 e. The van der Waals surface area contributed by atoms with Crippen LogP contribution in [0, 0.1) is 0 Å². The van der Waals surface area contributed by atoms with Gasteiger partial charge in [0.25, 0.3) is 11.8 Å². The molecule has 0 saturated carbocycles. The molecule has 0 radical (unpaired) electrons. The molecule has 7 heteroatoms. The summed E-state index contributed by atoms with van der Waals surface area (Å²) < 4.78 is 0. The number of rotatable bonds is 4. The second-order valence-corrected chi connectivity index (χ2v) is 4.26. The van der Waals surface area contributed by atoms with Crippen molar-refractivity contribution in [3.05, 3.63) is 10.4 Å². The summed E-state index contributed by atoms with van der Waals surface area (Å²) in [5.74, 6) is -0.569. The van der Waals surface area contributed by atoms with Crippen molar-refractivity contribution in [2.45, 2.75) is 6.92 Å². The Balaban J connectivity index is 3.23. The monoisotopic (exact) mass is 256 g/mol. The van der Waals surface area contributed by atoms with Gasteiger partial charge >= 0.3 is 0 Å². The minimum absolute atomic E-state index is 0.213. The highest BCUT2D eigenvalue weighted by Crippen LogP contribution is 2.35. The van der Waals surface area contributed by atoms with E-state index in [1.54, 1.807) is 7.05 Å². The fraction of sp³-hybridized carbons (Fsp3) is 0.400. The van der Waals surface area contributed by atoms with Crippen LogP contribution in [0.1, 0.15) is 27.0 Å². The number of hydrogen-bond donors (Lipinski definition) is 4. The maximum Gasteiger partial charge on any atom is 0.263 e. The molecule has 1 aromatic rings. The highest BCUT2D eigenvalue weighted by molar-refractivity contribution is 7.19. The molecule has 17 heavy (non-hydrogen) atoms. The van der Waals surface area contributed by atoms with Gasteiger partial charge in [-0.2, -0.15) is 0 Å². The Kier molecular flexibility index (Phi) is 4.33. The van der Waals surface area contributed by atoms with E-state index in [2.05, 4.69) is 16.0 Å². The van der Waals surface area contributed by atoms with Crippen LogP contribution in [-0.2, 0) is 0 Å². The van der Waals surface area contributed by atoms with Gasteiger partial charge in [0.2, 0.25) is 0 Å². The van der Waals surface area contributed by atoms with Crippen molar-refractivity contribution < 1.29 is 9.59 Å². The lowest BCUT2D eigenvalue weighted by molar-refractivity contribution is 0.0959. The van der Waals surface area contributed by atoms with E-state index < -0.39 is 0 Å². The van der Waals surface area contributed by atoms with Crippen molar-refractivity contribution in [2.75, 3.05) is 31.7 Å². The molecule has 0 aromatic carbocycles. The lowest BCUT2D eigenvalue weighted by Crippen LogP contribution is -2.23. The topological polar surface area (TPSA) is 96.2 Å². The molecule has 5 N–H and O–H groups in total. The molecule has 0 saturated heterocycles. The van der Waals surface area contributed by atoms with Crippen molar-refractivity contribution >= 4 is 33.8 Å². The van der Waals surface area contributed by atoms with Crippen LogP contribution in [0.4, 0.5) is 10.7 Å². The highest BCUT2D eigenvalue weighted by Gasteiger charge is 2.23. The third-order valence-electron chi connectivity index (χ3n) is 2.17. The van der Waals surface area contributed by atoms with Crippen LogP contribution in [0.15, 0.2) is 0 Å². The first-order chi connectivity index (χ1) is 8.06. The molecule has 1 aromatic heterocycles. The third-order valence-corrected chi connectivity index (χ3v) is 3.39. The molecular weight excluding hydrogens is 240 g/mol. The summed E-state index contributed by atoms with van der Waals surface area (Å²) in [7, 11) is 3.20. The maximum atomic E-state index is 11.7. The van der Waals surface area contributed by atoms with Gasteiger partial charge in [-0.05, 0) is 6.92 Å². The number of nitrogens with one attached hydrogen (secondary N) is 3. The van der Waals surface area contributed by atoms with Crippen LogP contribution in [0.3, 0.4) is 0 Å². The average molecular weight is 256 g/mol. The summed E-state index contributed by atoms with van der Waals surface area (Å²) >= 11 is 1.17. The molecule has 0 spiro atoms. The second-order valence-electron chi connectivity index (χ2n) is 3.24. The molecule has 0 atom stereocenters. The zero-order valence-corrected chi connectivity index (χ0v) is 10.8. The maximum absolute atomic E-state index is 11.7. The molecule has 0 bridgehead atoms. The summed E-state index contributed by atoms with van der Waals surface area (Å²) in [5, 5.41) is 8.61. The van der Waals surface area contributed by atoms with Crippen LogP contribution in [-0.4, -0.2) is 32.5 Å². The number of amides is 2. The largest absolute Gasteiger partial charge is 0.397 e. The summed E-state index contributed by atoms with van der Waals surface area (Å²) in [5.41, 5.74) is 6.37. The van der Waals surface area contributed by atoms with Gasteiger partial charge in [-0.15, -0.1) is 11.3 Å². The van der Waals surface area contributed by atoms with Gasteiger partial charge in [0.1, 0.15) is 9.88 Å². The molecule has 1 rings (SSSR count). The molecule has 1 heterocycles. The van der Waals surface area contributed by atoms with E-state index in [0.29, 0.717) is 22.0 Å². The van der Waals surface area contributed by atoms with Gasteiger partial charge in [0, 0.05) is 20.6 Å². The predicted molar refractivity (Wildman–Crippen MR) is 69.7 cm³/mol. The molecule has 0 aliphatic heterocycles. The SMILES string of the molecule is CCNC(=O)c1sc(NC)c(C(=O)NC)c1N. The van der Waals surface area contributed by atoms with Crippen LogP contribution >= 0.6 is 11.3 Å². The summed E-state index contributed by atoms with van der Waals surface area (Å²) in [4.78, 5) is 23.7. The van der Waals surface area contributed by atoms with Gasteiger partial charge in [-0.1, -0.05) is 0 Å². The number of anilines is 2. The Morgan fingerprint density at radius 3 is 2.41 bits per heavy atom. The number of thiophene rings is 1. The molecule has 94 valence electrons. The molecule has 0 aliphatic carbocycles. The Morgan fingerprint density at radius 2 is 1.94 bits per heavy atom. The van der Waals surface area contributed by atoms with E-state index in [0.717, 1.165) is 0 Å². The van der Waals surface area contributed by atoms with Crippen LogP contribution in [0.25, 0.3) is 0 Å². The minimum Gasteiger partial charge on any atom is -0.397 e. The molecule has 0 unspecified atom stereocenters. The van der Waals surface area contributed by atoms with Crippen molar-refractivity contribution in [1.82, 2.24) is 10.6 Å². The third kappa shape index (κ3) is 2.50. The van der Waals surface area contributed by atoms with Gasteiger partial charge in [-0.25, -0.2) is 0 Å². The molecule has 0 fully saturated rings. The normalized spacial score (nSPS) is 9.82. The van der Waals surface area contributed by atoms with Crippen molar-refractivity contribution in [3.63, 3.8) is 0 Å². The van der Waals surface area contributed by atoms with E-state index in [1.807, 2.05) is 6.92 Å². The van der Waals surface area contributed by atoms with Crippen molar-refractivity contribution in [2.24, 2.45) is 0 Å².